The van der Waals surface area contributed by atoms with Gasteiger partial charge in [-0.05, 0) is 56.0 Å². The second kappa shape index (κ2) is 10.5. The average Bonchev–Trinajstić information content (AvgIpc) is 3.24. The highest BCUT2D eigenvalue weighted by atomic mass is 35.5. The van der Waals surface area contributed by atoms with Crippen LogP contribution < -0.4 is 14.8 Å². The molecule has 1 aliphatic heterocycles. The van der Waals surface area contributed by atoms with Gasteiger partial charge in [-0.15, -0.1) is 0 Å². The monoisotopic (exact) mass is 444 g/mol. The molecule has 0 saturated carbocycles. The zero-order valence-electron chi connectivity index (χ0n) is 18.2. The minimum Gasteiger partial charge on any atom is -0.454 e. The number of hydrogen-bond acceptors (Lipinski definition) is 4. The van der Waals surface area contributed by atoms with Crippen LogP contribution in [0.15, 0.2) is 42.5 Å². The molecule has 0 radical (unpaired) electrons. The van der Waals surface area contributed by atoms with Crippen molar-refractivity contribution in [2.24, 2.45) is 0 Å². The fourth-order valence-corrected chi connectivity index (χ4v) is 3.55. The molecule has 7 heteroatoms. The van der Waals surface area contributed by atoms with Crippen LogP contribution in [-0.4, -0.2) is 35.6 Å². The van der Waals surface area contributed by atoms with Gasteiger partial charge in [0, 0.05) is 24.0 Å². The summed E-state index contributed by atoms with van der Waals surface area (Å²) >= 11 is 6.33. The molecule has 0 aromatic heterocycles. The van der Waals surface area contributed by atoms with Crippen molar-refractivity contribution in [3.05, 3.63) is 58.6 Å². The number of hydrogen-bond donors (Lipinski definition) is 1. The molecule has 166 valence electrons. The van der Waals surface area contributed by atoms with Crippen LogP contribution in [0.2, 0.25) is 5.02 Å². The lowest BCUT2D eigenvalue weighted by molar-refractivity contribution is -0.140. The van der Waals surface area contributed by atoms with E-state index in [-0.39, 0.29) is 37.6 Å². The summed E-state index contributed by atoms with van der Waals surface area (Å²) in [6.45, 7) is 6.20. The van der Waals surface area contributed by atoms with Crippen molar-refractivity contribution in [3.63, 3.8) is 0 Å². The molecule has 2 amide bonds. The van der Waals surface area contributed by atoms with Crippen molar-refractivity contribution in [1.29, 1.82) is 0 Å². The molecule has 6 nitrogen and oxygen atoms in total. The molecule has 0 bridgehead atoms. The molecule has 0 spiro atoms. The number of benzene rings is 2. The summed E-state index contributed by atoms with van der Waals surface area (Å²) in [4.78, 5) is 27.6. The Hall–Kier alpha value is -2.73. The number of rotatable bonds is 9. The summed E-state index contributed by atoms with van der Waals surface area (Å²) < 4.78 is 10.8. The van der Waals surface area contributed by atoms with Gasteiger partial charge in [-0.25, -0.2) is 0 Å². The van der Waals surface area contributed by atoms with E-state index in [0.29, 0.717) is 22.9 Å². The predicted molar refractivity (Wildman–Crippen MR) is 120 cm³/mol. The van der Waals surface area contributed by atoms with Crippen LogP contribution in [-0.2, 0) is 22.6 Å². The number of halogens is 1. The van der Waals surface area contributed by atoms with Gasteiger partial charge in [0.05, 0.1) is 0 Å². The van der Waals surface area contributed by atoms with Crippen LogP contribution in [0, 0.1) is 0 Å². The van der Waals surface area contributed by atoms with E-state index in [1.807, 2.05) is 50.2 Å². The Kier molecular flexibility index (Phi) is 7.80. The van der Waals surface area contributed by atoms with Crippen LogP contribution in [0.3, 0.4) is 0 Å². The fraction of sp³-hybridized carbons (Fsp3) is 0.417. The van der Waals surface area contributed by atoms with Crippen molar-refractivity contribution in [2.45, 2.75) is 58.7 Å². The Morgan fingerprint density at radius 2 is 1.87 bits per heavy atom. The van der Waals surface area contributed by atoms with Crippen molar-refractivity contribution in [3.8, 4) is 11.5 Å². The number of aryl methyl sites for hydroxylation is 1. The molecule has 0 aliphatic carbocycles. The third-order valence-corrected chi connectivity index (χ3v) is 5.90. The molecule has 1 N–H and O–H groups in total. The number of carbonyl (C=O) groups is 2. The van der Waals surface area contributed by atoms with Crippen LogP contribution in [0.1, 0.15) is 44.7 Å². The molecule has 1 heterocycles. The topological polar surface area (TPSA) is 67.9 Å². The predicted octanol–water partition coefficient (Wildman–Crippen LogP) is 4.33. The van der Waals surface area contributed by atoms with E-state index in [2.05, 4.69) is 5.32 Å². The minimum atomic E-state index is -0.616. The van der Waals surface area contributed by atoms with E-state index in [1.54, 1.807) is 17.9 Å². The summed E-state index contributed by atoms with van der Waals surface area (Å²) in [7, 11) is 0. The van der Waals surface area contributed by atoms with Gasteiger partial charge >= 0.3 is 0 Å². The van der Waals surface area contributed by atoms with Gasteiger partial charge in [-0.2, -0.15) is 0 Å². The number of nitrogens with zero attached hydrogens (tertiary/aromatic N) is 1. The highest BCUT2D eigenvalue weighted by molar-refractivity contribution is 6.31. The van der Waals surface area contributed by atoms with Gasteiger partial charge in [0.1, 0.15) is 6.04 Å². The van der Waals surface area contributed by atoms with Crippen molar-refractivity contribution in [1.82, 2.24) is 10.2 Å². The summed E-state index contributed by atoms with van der Waals surface area (Å²) in [6.07, 6.45) is 1.63. The molecular weight excluding hydrogens is 416 g/mol. The van der Waals surface area contributed by atoms with Gasteiger partial charge in [0.2, 0.25) is 18.6 Å². The lowest BCUT2D eigenvalue weighted by atomic mass is 10.1. The Morgan fingerprint density at radius 1 is 1.13 bits per heavy atom. The van der Waals surface area contributed by atoms with Crippen LogP contribution in [0.5, 0.6) is 11.5 Å². The molecule has 3 rings (SSSR count). The Labute approximate surface area is 188 Å². The first kappa shape index (κ1) is 22.9. The summed E-state index contributed by atoms with van der Waals surface area (Å²) in [5, 5.41) is 3.55. The van der Waals surface area contributed by atoms with Crippen LogP contribution in [0.25, 0.3) is 0 Å². The molecule has 0 unspecified atom stereocenters. The van der Waals surface area contributed by atoms with Gasteiger partial charge < -0.3 is 19.7 Å². The average molecular weight is 445 g/mol. The van der Waals surface area contributed by atoms with Crippen molar-refractivity contribution >= 4 is 23.4 Å². The van der Waals surface area contributed by atoms with Gasteiger partial charge in [0.25, 0.3) is 0 Å². The number of fused-ring (bicyclic) bond motifs is 1. The lowest BCUT2D eigenvalue weighted by Crippen LogP contribution is -2.49. The van der Waals surface area contributed by atoms with Crippen LogP contribution >= 0.6 is 11.6 Å². The maximum Gasteiger partial charge on any atom is 0.242 e. The smallest absolute Gasteiger partial charge is 0.242 e. The van der Waals surface area contributed by atoms with Crippen molar-refractivity contribution in [2.75, 3.05) is 6.79 Å². The molecule has 2 aromatic carbocycles. The standard InChI is InChI=1S/C24H29ClN2O4/c1-4-16(2)26-24(29)17(3)27(14-19-7-5-6-8-20(19)25)23(28)12-10-18-9-11-21-22(13-18)31-15-30-21/h5-9,11,13,16-17H,4,10,12,14-15H2,1-3H3,(H,26,29)/t16-,17+/m0/s1. The van der Waals surface area contributed by atoms with E-state index >= 15 is 0 Å². The third-order valence-electron chi connectivity index (χ3n) is 5.53. The number of amides is 2. The maximum atomic E-state index is 13.2. The zero-order valence-corrected chi connectivity index (χ0v) is 18.9. The van der Waals surface area contributed by atoms with E-state index < -0.39 is 6.04 Å². The minimum absolute atomic E-state index is 0.0425. The Morgan fingerprint density at radius 3 is 2.61 bits per heavy atom. The van der Waals surface area contributed by atoms with Gasteiger partial charge in [-0.3, -0.25) is 9.59 Å². The number of carbonyl (C=O) groups excluding carboxylic acids is 2. The first-order valence-electron chi connectivity index (χ1n) is 10.6. The zero-order chi connectivity index (χ0) is 22.4. The molecule has 2 atom stereocenters. The Bertz CT molecular complexity index is 934. The first-order valence-corrected chi connectivity index (χ1v) is 11.0. The first-order chi connectivity index (χ1) is 14.9. The maximum absolute atomic E-state index is 13.2. The fourth-order valence-electron chi connectivity index (χ4n) is 3.35. The van der Waals surface area contributed by atoms with E-state index in [4.69, 9.17) is 21.1 Å². The second-order valence-corrected chi connectivity index (χ2v) is 8.20. The Balaban J connectivity index is 1.73. The molecule has 31 heavy (non-hydrogen) atoms. The molecular formula is C24H29ClN2O4. The summed E-state index contributed by atoms with van der Waals surface area (Å²) in [5.74, 6) is 1.13. The van der Waals surface area contributed by atoms with Crippen molar-refractivity contribution < 1.29 is 19.1 Å². The third kappa shape index (κ3) is 5.91. The lowest BCUT2D eigenvalue weighted by Gasteiger charge is -2.30. The SMILES string of the molecule is CC[C@H](C)NC(=O)[C@@H](C)N(Cc1ccccc1Cl)C(=O)CCc1ccc2c(c1)OCO2. The quantitative estimate of drug-likeness (QED) is 0.625. The molecule has 0 saturated heterocycles. The molecule has 1 aliphatic rings. The second-order valence-electron chi connectivity index (χ2n) is 7.79. The van der Waals surface area contributed by atoms with E-state index in [0.717, 1.165) is 17.5 Å². The highest BCUT2D eigenvalue weighted by Gasteiger charge is 2.27. The molecule has 0 fully saturated rings. The largest absolute Gasteiger partial charge is 0.454 e. The number of ether oxygens (including phenoxy) is 2. The summed E-state index contributed by atoms with van der Waals surface area (Å²) in [6, 6.07) is 12.5. The van der Waals surface area contributed by atoms with Gasteiger partial charge in [-0.1, -0.05) is 42.8 Å². The van der Waals surface area contributed by atoms with Gasteiger partial charge in [0.15, 0.2) is 11.5 Å². The number of nitrogens with one attached hydrogen (secondary N) is 1. The van der Waals surface area contributed by atoms with E-state index in [9.17, 15) is 9.59 Å². The summed E-state index contributed by atoms with van der Waals surface area (Å²) in [5.41, 5.74) is 1.79. The van der Waals surface area contributed by atoms with E-state index in [1.165, 1.54) is 0 Å². The normalized spacial score (nSPS) is 14.1. The highest BCUT2D eigenvalue weighted by Crippen LogP contribution is 2.32. The molecule has 2 aromatic rings. The van der Waals surface area contributed by atoms with Crippen LogP contribution in [0.4, 0.5) is 0 Å².